The first-order valence-corrected chi connectivity index (χ1v) is 11.4. The summed E-state index contributed by atoms with van der Waals surface area (Å²) >= 11 is 0. The van der Waals surface area contributed by atoms with E-state index in [0.717, 1.165) is 29.7 Å². The van der Waals surface area contributed by atoms with Crippen molar-refractivity contribution < 1.29 is 19.1 Å². The molecule has 4 saturated carbocycles. The number of benzene rings is 1. The topological polar surface area (TPSA) is 72.5 Å². The van der Waals surface area contributed by atoms with Crippen molar-refractivity contribution in [2.75, 3.05) is 6.61 Å². The Morgan fingerprint density at radius 2 is 1.67 bits per heavy atom. The molecule has 5 heteroatoms. The quantitative estimate of drug-likeness (QED) is 0.513. The van der Waals surface area contributed by atoms with Crippen LogP contribution < -0.4 is 5.32 Å². The minimum Gasteiger partial charge on any atom is -0.464 e. The van der Waals surface area contributed by atoms with Crippen LogP contribution >= 0.6 is 0 Å². The van der Waals surface area contributed by atoms with E-state index in [9.17, 15) is 14.4 Å². The molecule has 0 spiro atoms. The van der Waals surface area contributed by atoms with Gasteiger partial charge in [0, 0.05) is 12.0 Å². The van der Waals surface area contributed by atoms with Crippen LogP contribution in [0.3, 0.4) is 0 Å². The zero-order valence-corrected chi connectivity index (χ0v) is 18.1. The average molecular weight is 412 g/mol. The molecular formula is C25H33NO4. The van der Waals surface area contributed by atoms with Crippen molar-refractivity contribution in [3.05, 3.63) is 35.4 Å². The highest BCUT2D eigenvalue weighted by Gasteiger charge is 2.50. The molecule has 4 aliphatic rings. The molecule has 1 amide bonds. The number of ether oxygens (including phenoxy) is 1. The molecule has 1 unspecified atom stereocenters. The van der Waals surface area contributed by atoms with E-state index in [-0.39, 0.29) is 17.8 Å². The SMILES string of the molecule is CCOC(=O)C(NC(=O)c1ccccc1C)C(=O)CCC12CC3CC(CC(C3)C1)C2. The lowest BCUT2D eigenvalue weighted by atomic mass is 9.48. The van der Waals surface area contributed by atoms with E-state index >= 15 is 0 Å². The van der Waals surface area contributed by atoms with Crippen molar-refractivity contribution in [1.82, 2.24) is 5.32 Å². The lowest BCUT2D eigenvalue weighted by Gasteiger charge is -2.57. The number of amides is 1. The Balaban J connectivity index is 1.43. The third-order valence-electron chi connectivity index (χ3n) is 7.58. The molecule has 4 fully saturated rings. The fraction of sp³-hybridized carbons (Fsp3) is 0.640. The van der Waals surface area contributed by atoms with Crippen molar-refractivity contribution in [1.29, 1.82) is 0 Å². The second-order valence-corrected chi connectivity index (χ2v) is 9.86. The summed E-state index contributed by atoms with van der Waals surface area (Å²) in [5, 5.41) is 2.65. The molecule has 4 bridgehead atoms. The van der Waals surface area contributed by atoms with Gasteiger partial charge < -0.3 is 10.1 Å². The Morgan fingerprint density at radius 3 is 2.23 bits per heavy atom. The fourth-order valence-electron chi connectivity index (χ4n) is 6.66. The van der Waals surface area contributed by atoms with Crippen molar-refractivity contribution in [2.45, 2.75) is 71.3 Å². The molecule has 162 valence electrons. The number of Topliss-reactive ketones (excluding diaryl/α,β-unsaturated/α-hetero) is 1. The minimum absolute atomic E-state index is 0.178. The van der Waals surface area contributed by atoms with Crippen LogP contribution in [0.15, 0.2) is 24.3 Å². The van der Waals surface area contributed by atoms with Gasteiger partial charge in [-0.3, -0.25) is 9.59 Å². The van der Waals surface area contributed by atoms with Crippen molar-refractivity contribution in [3.63, 3.8) is 0 Å². The summed E-state index contributed by atoms with van der Waals surface area (Å²) in [6.45, 7) is 3.72. The third kappa shape index (κ3) is 4.30. The van der Waals surface area contributed by atoms with Crippen LogP contribution in [-0.2, 0) is 14.3 Å². The van der Waals surface area contributed by atoms with Crippen molar-refractivity contribution >= 4 is 17.7 Å². The third-order valence-corrected chi connectivity index (χ3v) is 7.58. The number of hydrogen-bond acceptors (Lipinski definition) is 4. The van der Waals surface area contributed by atoms with Crippen LogP contribution in [0.4, 0.5) is 0 Å². The van der Waals surface area contributed by atoms with Gasteiger partial charge in [-0.25, -0.2) is 4.79 Å². The molecular weight excluding hydrogens is 378 g/mol. The molecule has 0 aliphatic heterocycles. The normalized spacial score (nSPS) is 30.0. The monoisotopic (exact) mass is 411 g/mol. The molecule has 4 aliphatic carbocycles. The predicted octanol–water partition coefficient (Wildman–Crippen LogP) is 4.22. The van der Waals surface area contributed by atoms with E-state index in [4.69, 9.17) is 4.74 Å². The fourth-order valence-corrected chi connectivity index (χ4v) is 6.66. The zero-order chi connectivity index (χ0) is 21.3. The first-order valence-electron chi connectivity index (χ1n) is 11.4. The Bertz CT molecular complexity index is 795. The second-order valence-electron chi connectivity index (χ2n) is 9.86. The predicted molar refractivity (Wildman–Crippen MR) is 114 cm³/mol. The van der Waals surface area contributed by atoms with Gasteiger partial charge in [0.1, 0.15) is 0 Å². The van der Waals surface area contributed by atoms with Gasteiger partial charge in [0.15, 0.2) is 11.8 Å². The largest absolute Gasteiger partial charge is 0.464 e. The number of ketones is 1. The molecule has 0 aromatic heterocycles. The summed E-state index contributed by atoms with van der Waals surface area (Å²) < 4.78 is 5.11. The summed E-state index contributed by atoms with van der Waals surface area (Å²) in [7, 11) is 0. The van der Waals surface area contributed by atoms with Gasteiger partial charge in [-0.2, -0.15) is 0 Å². The van der Waals surface area contributed by atoms with Crippen LogP contribution in [-0.4, -0.2) is 30.3 Å². The highest BCUT2D eigenvalue weighted by Crippen LogP contribution is 2.61. The zero-order valence-electron chi connectivity index (χ0n) is 18.1. The molecule has 1 atom stereocenters. The van der Waals surface area contributed by atoms with E-state index in [1.54, 1.807) is 19.1 Å². The molecule has 1 aromatic rings. The highest BCUT2D eigenvalue weighted by molar-refractivity contribution is 6.08. The van der Waals surface area contributed by atoms with Gasteiger partial charge >= 0.3 is 5.97 Å². The summed E-state index contributed by atoms with van der Waals surface area (Å²) in [5.41, 5.74) is 1.54. The van der Waals surface area contributed by atoms with Crippen LogP contribution in [0.25, 0.3) is 0 Å². The Labute approximate surface area is 178 Å². The van der Waals surface area contributed by atoms with Gasteiger partial charge in [-0.15, -0.1) is 0 Å². The molecule has 0 saturated heterocycles. The summed E-state index contributed by atoms with van der Waals surface area (Å²) in [6.07, 6.45) is 8.93. The number of rotatable bonds is 8. The Kier molecular flexibility index (Phi) is 5.99. The summed E-state index contributed by atoms with van der Waals surface area (Å²) in [6, 6.07) is 5.93. The van der Waals surface area contributed by atoms with Crippen LogP contribution in [0, 0.1) is 30.1 Å². The van der Waals surface area contributed by atoms with Gasteiger partial charge in [0.05, 0.1) is 6.61 Å². The van der Waals surface area contributed by atoms with Crippen LogP contribution in [0.5, 0.6) is 0 Å². The van der Waals surface area contributed by atoms with Crippen molar-refractivity contribution in [2.24, 2.45) is 23.2 Å². The molecule has 0 heterocycles. The smallest absolute Gasteiger partial charge is 0.336 e. The molecule has 1 N–H and O–H groups in total. The lowest BCUT2D eigenvalue weighted by Crippen LogP contribution is -2.49. The summed E-state index contributed by atoms with van der Waals surface area (Å²) in [5.74, 6) is 1.18. The van der Waals surface area contributed by atoms with E-state index in [2.05, 4.69) is 5.32 Å². The summed E-state index contributed by atoms with van der Waals surface area (Å²) in [4.78, 5) is 38.3. The maximum absolute atomic E-state index is 13.1. The van der Waals surface area contributed by atoms with Gasteiger partial charge in [-0.1, -0.05) is 18.2 Å². The number of hydrogen-bond donors (Lipinski definition) is 1. The second kappa shape index (κ2) is 8.52. The van der Waals surface area contributed by atoms with Gasteiger partial charge in [0.2, 0.25) is 0 Å². The molecule has 5 nitrogen and oxygen atoms in total. The molecule has 0 radical (unpaired) electrons. The first kappa shape index (κ1) is 21.1. The van der Waals surface area contributed by atoms with Crippen molar-refractivity contribution in [3.8, 4) is 0 Å². The van der Waals surface area contributed by atoms with Crippen LogP contribution in [0.2, 0.25) is 0 Å². The average Bonchev–Trinajstić information content (AvgIpc) is 2.69. The Hall–Kier alpha value is -2.17. The maximum atomic E-state index is 13.1. The molecule has 5 rings (SSSR count). The number of carbonyl (C=O) groups is 3. The lowest BCUT2D eigenvalue weighted by molar-refractivity contribution is -0.148. The number of aryl methyl sites for hydroxylation is 1. The maximum Gasteiger partial charge on any atom is 0.336 e. The Morgan fingerprint density at radius 1 is 1.07 bits per heavy atom. The van der Waals surface area contributed by atoms with E-state index in [1.807, 2.05) is 19.1 Å². The van der Waals surface area contributed by atoms with E-state index in [1.165, 1.54) is 38.5 Å². The first-order chi connectivity index (χ1) is 14.4. The van der Waals surface area contributed by atoms with Gasteiger partial charge in [0.25, 0.3) is 5.91 Å². The number of esters is 1. The molecule has 30 heavy (non-hydrogen) atoms. The standard InChI is InChI=1S/C25H33NO4/c1-3-30-24(29)22(26-23(28)20-7-5-4-6-16(20)2)21(27)8-9-25-13-17-10-18(14-25)12-19(11-17)15-25/h4-7,17-19,22H,3,8-15H2,1-2H3,(H,26,28). The molecule has 1 aromatic carbocycles. The van der Waals surface area contributed by atoms with E-state index < -0.39 is 17.9 Å². The number of carbonyl (C=O) groups excluding carboxylic acids is 3. The highest BCUT2D eigenvalue weighted by atomic mass is 16.5. The number of nitrogens with one attached hydrogen (secondary N) is 1. The van der Waals surface area contributed by atoms with E-state index in [0.29, 0.717) is 12.0 Å². The van der Waals surface area contributed by atoms with Gasteiger partial charge in [-0.05, 0) is 93.6 Å². The van der Waals surface area contributed by atoms with Crippen LogP contribution in [0.1, 0.15) is 74.2 Å². The minimum atomic E-state index is -1.23.